The number of hydrogen-bond acceptors (Lipinski definition) is 5. The van der Waals surface area contributed by atoms with E-state index in [4.69, 9.17) is 9.16 Å². The fraction of sp³-hybridized carbons (Fsp3) is 0.304. The summed E-state index contributed by atoms with van der Waals surface area (Å²) in [6, 6.07) is 19.9. The normalized spacial score (nSPS) is 12.5. The molecule has 0 heterocycles. The summed E-state index contributed by atoms with van der Waals surface area (Å²) >= 11 is 0. The number of ether oxygens (including phenoxy) is 1. The molecule has 0 aromatic heterocycles. The topological polar surface area (TPSA) is 72.8 Å². The van der Waals surface area contributed by atoms with Crippen LogP contribution in [0.1, 0.15) is 27.7 Å². The Hall–Kier alpha value is -2.70. The Kier molecular flexibility index (Phi) is 7.53. The molecule has 0 unspecified atom stereocenters. The lowest BCUT2D eigenvalue weighted by molar-refractivity contribution is -0.141. The highest BCUT2D eigenvalue weighted by Crippen LogP contribution is 2.36. The van der Waals surface area contributed by atoms with E-state index in [0.717, 1.165) is 16.4 Å². The van der Waals surface area contributed by atoms with Crippen LogP contribution in [0.15, 0.2) is 72.5 Å². The van der Waals surface area contributed by atoms with Crippen LogP contribution in [-0.4, -0.2) is 38.4 Å². The van der Waals surface area contributed by atoms with Gasteiger partial charge in [0.25, 0.3) is 8.32 Å². The van der Waals surface area contributed by atoms with Crippen molar-refractivity contribution in [3.8, 4) is 0 Å². The first-order valence-corrected chi connectivity index (χ1v) is 11.5. The molecular weight excluding hydrogens is 384 g/mol. The number of carbonyl (C=O) groups excluding carboxylic acids is 2. The summed E-state index contributed by atoms with van der Waals surface area (Å²) in [6.45, 7) is 7.81. The van der Waals surface area contributed by atoms with E-state index in [0.29, 0.717) is 0 Å². The SMILES string of the molecule is CCOC(=O)/C(O)=C/C(=O)CO[Si](c1ccccc1)(c1ccccc1)C(C)(C)C. The van der Waals surface area contributed by atoms with Gasteiger partial charge in [-0.2, -0.15) is 0 Å². The summed E-state index contributed by atoms with van der Waals surface area (Å²) in [7, 11) is -2.85. The summed E-state index contributed by atoms with van der Waals surface area (Å²) in [5.74, 6) is -2.14. The van der Waals surface area contributed by atoms with E-state index in [-0.39, 0.29) is 18.3 Å². The molecule has 154 valence electrons. The minimum Gasteiger partial charge on any atom is -0.502 e. The molecule has 1 N–H and O–H groups in total. The summed E-state index contributed by atoms with van der Waals surface area (Å²) < 4.78 is 11.2. The molecule has 0 bridgehead atoms. The second kappa shape index (κ2) is 9.67. The molecule has 2 rings (SSSR count). The molecule has 2 aromatic rings. The van der Waals surface area contributed by atoms with Crippen molar-refractivity contribution in [3.63, 3.8) is 0 Å². The number of hydrogen-bond donors (Lipinski definition) is 1. The summed E-state index contributed by atoms with van der Waals surface area (Å²) in [5.41, 5.74) is 0. The monoisotopic (exact) mass is 412 g/mol. The zero-order chi connectivity index (χ0) is 21.5. The average Bonchev–Trinajstić information content (AvgIpc) is 2.69. The molecule has 0 atom stereocenters. The molecule has 0 radical (unpaired) electrons. The van der Waals surface area contributed by atoms with Crippen molar-refractivity contribution in [2.45, 2.75) is 32.7 Å². The summed E-state index contributed by atoms with van der Waals surface area (Å²) in [4.78, 5) is 24.0. The maximum absolute atomic E-state index is 12.5. The molecule has 0 saturated heterocycles. The Bertz CT molecular complexity index is 814. The lowest BCUT2D eigenvalue weighted by Gasteiger charge is -2.42. The molecule has 0 spiro atoms. The van der Waals surface area contributed by atoms with E-state index in [1.807, 2.05) is 60.7 Å². The van der Waals surface area contributed by atoms with Gasteiger partial charge >= 0.3 is 5.97 Å². The highest BCUT2D eigenvalue weighted by Gasteiger charge is 2.50. The van der Waals surface area contributed by atoms with Gasteiger partial charge in [-0.15, -0.1) is 0 Å². The molecule has 0 aliphatic heterocycles. The van der Waals surface area contributed by atoms with Crippen molar-refractivity contribution < 1.29 is 23.9 Å². The number of rotatable bonds is 8. The molecule has 0 aliphatic carbocycles. The Balaban J connectivity index is 2.43. The van der Waals surface area contributed by atoms with Gasteiger partial charge in [-0.25, -0.2) is 4.79 Å². The predicted molar refractivity (Wildman–Crippen MR) is 116 cm³/mol. The first kappa shape index (κ1) is 22.6. The number of aliphatic hydroxyl groups excluding tert-OH is 1. The van der Waals surface area contributed by atoms with E-state index in [9.17, 15) is 14.7 Å². The van der Waals surface area contributed by atoms with Gasteiger partial charge in [-0.05, 0) is 22.3 Å². The van der Waals surface area contributed by atoms with E-state index in [1.165, 1.54) is 0 Å². The second-order valence-electron chi connectivity index (χ2n) is 7.67. The van der Waals surface area contributed by atoms with E-state index >= 15 is 0 Å². The molecule has 2 aromatic carbocycles. The van der Waals surface area contributed by atoms with Crippen LogP contribution in [0.25, 0.3) is 0 Å². The minimum absolute atomic E-state index is 0.115. The third-order valence-electron chi connectivity index (χ3n) is 4.63. The molecule has 6 heteroatoms. The van der Waals surface area contributed by atoms with Gasteiger partial charge < -0.3 is 14.3 Å². The van der Waals surface area contributed by atoms with Crippen molar-refractivity contribution in [2.24, 2.45) is 0 Å². The second-order valence-corrected chi connectivity index (χ2v) is 12.0. The molecule has 5 nitrogen and oxygen atoms in total. The van der Waals surface area contributed by atoms with Crippen LogP contribution < -0.4 is 10.4 Å². The van der Waals surface area contributed by atoms with Crippen molar-refractivity contribution in [1.29, 1.82) is 0 Å². The third-order valence-corrected chi connectivity index (χ3v) is 9.61. The fourth-order valence-electron chi connectivity index (χ4n) is 3.40. The van der Waals surface area contributed by atoms with Crippen LogP contribution in [0.5, 0.6) is 0 Å². The zero-order valence-corrected chi connectivity index (χ0v) is 18.3. The molecule has 0 saturated carbocycles. The van der Waals surface area contributed by atoms with Gasteiger partial charge in [-0.1, -0.05) is 81.4 Å². The van der Waals surface area contributed by atoms with Crippen LogP contribution in [0.4, 0.5) is 0 Å². The Morgan fingerprint density at radius 2 is 1.45 bits per heavy atom. The number of benzene rings is 2. The minimum atomic E-state index is -2.85. The Labute approximate surface area is 173 Å². The first-order valence-electron chi connectivity index (χ1n) is 9.58. The quantitative estimate of drug-likeness (QED) is 0.312. The molecule has 29 heavy (non-hydrogen) atoms. The standard InChI is InChI=1S/C23H28O5Si/c1-5-27-22(26)21(25)16-18(24)17-28-29(23(2,3)4,19-12-8-6-9-13-19)20-14-10-7-11-15-20/h6-16,25H,5,17H2,1-4H3/b21-16-. The van der Waals surface area contributed by atoms with Gasteiger partial charge in [0.1, 0.15) is 0 Å². The van der Waals surface area contributed by atoms with Crippen LogP contribution in [0.3, 0.4) is 0 Å². The van der Waals surface area contributed by atoms with E-state index < -0.39 is 25.8 Å². The lowest BCUT2D eigenvalue weighted by atomic mass is 10.2. The van der Waals surface area contributed by atoms with Gasteiger partial charge in [-0.3, -0.25) is 4.79 Å². The summed E-state index contributed by atoms with van der Waals surface area (Å²) in [6.07, 6.45) is 0.871. The third kappa shape index (κ3) is 5.22. The number of carbonyl (C=O) groups is 2. The van der Waals surface area contributed by atoms with Crippen LogP contribution >= 0.6 is 0 Å². The maximum Gasteiger partial charge on any atom is 0.373 e. The molecule has 0 aliphatic rings. The maximum atomic E-state index is 12.5. The summed E-state index contributed by atoms with van der Waals surface area (Å²) in [5, 5.41) is 11.6. The highest BCUT2D eigenvalue weighted by molar-refractivity contribution is 6.99. The van der Waals surface area contributed by atoms with E-state index in [1.54, 1.807) is 6.92 Å². The Morgan fingerprint density at radius 1 is 0.966 bits per heavy atom. The Morgan fingerprint density at radius 3 is 1.86 bits per heavy atom. The van der Waals surface area contributed by atoms with Crippen molar-refractivity contribution in [1.82, 2.24) is 0 Å². The van der Waals surface area contributed by atoms with Gasteiger partial charge in [0.2, 0.25) is 5.76 Å². The largest absolute Gasteiger partial charge is 0.502 e. The fourth-order valence-corrected chi connectivity index (χ4v) is 7.91. The van der Waals surface area contributed by atoms with Crippen molar-refractivity contribution in [2.75, 3.05) is 13.2 Å². The average molecular weight is 413 g/mol. The predicted octanol–water partition coefficient (Wildman–Crippen LogP) is 3.14. The zero-order valence-electron chi connectivity index (χ0n) is 17.3. The van der Waals surface area contributed by atoms with Crippen molar-refractivity contribution in [3.05, 3.63) is 72.5 Å². The lowest BCUT2D eigenvalue weighted by Crippen LogP contribution is -2.66. The van der Waals surface area contributed by atoms with Crippen LogP contribution in [0.2, 0.25) is 5.04 Å². The molecular formula is C23H28O5Si. The van der Waals surface area contributed by atoms with Crippen LogP contribution in [-0.2, 0) is 18.8 Å². The number of esters is 1. The molecule has 0 fully saturated rings. The first-order chi connectivity index (χ1) is 13.7. The van der Waals surface area contributed by atoms with Gasteiger partial charge in [0.15, 0.2) is 5.78 Å². The van der Waals surface area contributed by atoms with Crippen LogP contribution in [0, 0.1) is 0 Å². The van der Waals surface area contributed by atoms with Gasteiger partial charge in [0, 0.05) is 6.08 Å². The van der Waals surface area contributed by atoms with Crippen molar-refractivity contribution >= 4 is 30.4 Å². The van der Waals surface area contributed by atoms with Gasteiger partial charge in [0.05, 0.1) is 13.2 Å². The van der Waals surface area contributed by atoms with E-state index in [2.05, 4.69) is 20.8 Å². The number of ketones is 1. The highest BCUT2D eigenvalue weighted by atomic mass is 28.4. The molecule has 0 amide bonds. The number of aliphatic hydroxyl groups is 1. The smallest absolute Gasteiger partial charge is 0.373 e.